The number of aryl methyl sites for hydroxylation is 1. The van der Waals surface area contributed by atoms with E-state index in [1.165, 1.54) is 10.5 Å². The number of nitrogens with one attached hydrogen (secondary N) is 1. The second kappa shape index (κ2) is 6.33. The molecule has 3 heteroatoms. The Morgan fingerprint density at radius 2 is 1.75 bits per heavy atom. The quantitative estimate of drug-likeness (QED) is 0.814. The lowest BCUT2D eigenvalue weighted by Crippen LogP contribution is -2.36. The van der Waals surface area contributed by atoms with Gasteiger partial charge < -0.3 is 10.4 Å². The molecule has 0 bridgehead atoms. The molecule has 0 amide bonds. The zero-order valence-electron chi connectivity index (χ0n) is 12.2. The molecule has 0 saturated carbocycles. The van der Waals surface area contributed by atoms with Gasteiger partial charge in [0.2, 0.25) is 0 Å². The van der Waals surface area contributed by atoms with Gasteiger partial charge in [-0.05, 0) is 49.4 Å². The molecule has 0 aliphatic rings. The number of para-hydroxylation sites is 1. The van der Waals surface area contributed by atoms with E-state index in [4.69, 9.17) is 0 Å². The molecule has 0 radical (unpaired) electrons. The summed E-state index contributed by atoms with van der Waals surface area (Å²) in [6, 6.07) is 16.5. The van der Waals surface area contributed by atoms with Crippen LogP contribution in [-0.4, -0.2) is 18.0 Å². The number of aliphatic hydroxyl groups excluding tert-OH is 1. The molecule has 0 aliphatic heterocycles. The van der Waals surface area contributed by atoms with Crippen molar-refractivity contribution in [1.82, 2.24) is 0 Å². The fraction of sp³-hybridized carbons (Fsp3) is 0.294. The van der Waals surface area contributed by atoms with Crippen LogP contribution in [0.2, 0.25) is 0 Å². The normalized spacial score (nSPS) is 13.8. The summed E-state index contributed by atoms with van der Waals surface area (Å²) in [4.78, 5) is 1.23. The third kappa shape index (κ3) is 3.17. The molecule has 2 aromatic rings. The Kier molecular flexibility index (Phi) is 4.73. The Balaban J connectivity index is 2.30. The van der Waals surface area contributed by atoms with Gasteiger partial charge in [-0.15, -0.1) is 11.8 Å². The van der Waals surface area contributed by atoms with Crippen LogP contribution in [0.4, 0.5) is 5.69 Å². The summed E-state index contributed by atoms with van der Waals surface area (Å²) in [6.45, 7) is 4.13. The van der Waals surface area contributed by atoms with E-state index in [2.05, 4.69) is 48.8 Å². The van der Waals surface area contributed by atoms with Crippen molar-refractivity contribution in [1.29, 1.82) is 0 Å². The molecule has 0 heterocycles. The maximum atomic E-state index is 9.85. The maximum absolute atomic E-state index is 9.85. The van der Waals surface area contributed by atoms with Gasteiger partial charge in [-0.3, -0.25) is 0 Å². The lowest BCUT2D eigenvalue weighted by Gasteiger charge is -2.31. The zero-order chi connectivity index (χ0) is 14.6. The molecule has 2 rings (SSSR count). The topological polar surface area (TPSA) is 32.3 Å². The van der Waals surface area contributed by atoms with Gasteiger partial charge in [0.05, 0.1) is 12.1 Å². The van der Waals surface area contributed by atoms with Gasteiger partial charge in [-0.1, -0.05) is 30.3 Å². The van der Waals surface area contributed by atoms with E-state index in [-0.39, 0.29) is 6.61 Å². The number of hydrogen-bond acceptors (Lipinski definition) is 3. The molecule has 0 aliphatic carbocycles. The van der Waals surface area contributed by atoms with Crippen LogP contribution in [0.25, 0.3) is 0 Å². The van der Waals surface area contributed by atoms with Gasteiger partial charge in [-0.2, -0.15) is 0 Å². The van der Waals surface area contributed by atoms with Crippen molar-refractivity contribution in [2.24, 2.45) is 0 Å². The molecular formula is C17H21NOS. The fourth-order valence-corrected chi connectivity index (χ4v) is 2.58. The van der Waals surface area contributed by atoms with Crippen molar-refractivity contribution in [3.8, 4) is 0 Å². The lowest BCUT2D eigenvalue weighted by molar-refractivity contribution is 0.224. The van der Waals surface area contributed by atoms with Crippen molar-refractivity contribution < 1.29 is 5.11 Å². The average molecular weight is 287 g/mol. The molecule has 0 saturated heterocycles. The molecule has 0 spiro atoms. The van der Waals surface area contributed by atoms with E-state index in [0.29, 0.717) is 0 Å². The Morgan fingerprint density at radius 3 is 2.30 bits per heavy atom. The predicted molar refractivity (Wildman–Crippen MR) is 87.5 cm³/mol. The Morgan fingerprint density at radius 1 is 1.10 bits per heavy atom. The number of rotatable bonds is 5. The van der Waals surface area contributed by atoms with Crippen molar-refractivity contribution >= 4 is 17.4 Å². The van der Waals surface area contributed by atoms with Crippen molar-refractivity contribution in [3.63, 3.8) is 0 Å². The first-order valence-corrected chi connectivity index (χ1v) is 7.91. The molecular weight excluding hydrogens is 266 g/mol. The highest BCUT2D eigenvalue weighted by atomic mass is 32.2. The Hall–Kier alpha value is -1.45. The molecule has 1 unspecified atom stereocenters. The van der Waals surface area contributed by atoms with Crippen LogP contribution in [0.15, 0.2) is 53.4 Å². The third-order valence-corrected chi connectivity index (χ3v) is 4.34. The van der Waals surface area contributed by atoms with Gasteiger partial charge in [0.25, 0.3) is 0 Å². The number of anilines is 1. The molecule has 106 valence electrons. The first-order valence-electron chi connectivity index (χ1n) is 6.68. The number of hydrogen-bond donors (Lipinski definition) is 2. The van der Waals surface area contributed by atoms with E-state index in [0.717, 1.165) is 11.3 Å². The number of benzene rings is 2. The summed E-state index contributed by atoms with van der Waals surface area (Å²) < 4.78 is 0. The van der Waals surface area contributed by atoms with E-state index < -0.39 is 5.54 Å². The zero-order valence-corrected chi connectivity index (χ0v) is 13.0. The Bertz CT molecular complexity index is 567. The average Bonchev–Trinajstić information content (AvgIpc) is 2.49. The summed E-state index contributed by atoms with van der Waals surface area (Å²) >= 11 is 1.72. The van der Waals surface area contributed by atoms with Crippen LogP contribution in [0, 0.1) is 6.92 Å². The minimum atomic E-state index is -0.483. The summed E-state index contributed by atoms with van der Waals surface area (Å²) in [6.07, 6.45) is 2.06. The summed E-state index contributed by atoms with van der Waals surface area (Å²) in [5, 5.41) is 13.3. The first-order chi connectivity index (χ1) is 9.59. The van der Waals surface area contributed by atoms with E-state index in [1.807, 2.05) is 25.1 Å². The van der Waals surface area contributed by atoms with Gasteiger partial charge in [0.1, 0.15) is 0 Å². The van der Waals surface area contributed by atoms with E-state index in [9.17, 15) is 5.11 Å². The highest BCUT2D eigenvalue weighted by Crippen LogP contribution is 2.28. The highest BCUT2D eigenvalue weighted by Gasteiger charge is 2.25. The second-order valence-corrected chi connectivity index (χ2v) is 6.04. The lowest BCUT2D eigenvalue weighted by atomic mass is 9.92. The number of aliphatic hydroxyl groups is 1. The molecule has 2 N–H and O–H groups in total. The summed E-state index contributed by atoms with van der Waals surface area (Å²) in [7, 11) is 0. The largest absolute Gasteiger partial charge is 0.394 e. The van der Waals surface area contributed by atoms with Gasteiger partial charge in [-0.25, -0.2) is 0 Å². The molecule has 0 aromatic heterocycles. The van der Waals surface area contributed by atoms with Crippen LogP contribution in [-0.2, 0) is 5.54 Å². The molecule has 2 nitrogen and oxygen atoms in total. The number of thioether (sulfide) groups is 1. The van der Waals surface area contributed by atoms with Gasteiger partial charge in [0.15, 0.2) is 0 Å². The summed E-state index contributed by atoms with van der Waals surface area (Å²) in [5.41, 5.74) is 2.83. The van der Waals surface area contributed by atoms with E-state index in [1.54, 1.807) is 11.8 Å². The van der Waals surface area contributed by atoms with Gasteiger partial charge >= 0.3 is 0 Å². The van der Waals surface area contributed by atoms with Crippen LogP contribution < -0.4 is 5.32 Å². The third-order valence-electron chi connectivity index (χ3n) is 3.60. The van der Waals surface area contributed by atoms with Crippen LogP contribution in [0.5, 0.6) is 0 Å². The maximum Gasteiger partial charge on any atom is 0.0828 e. The fourth-order valence-electron chi connectivity index (χ4n) is 2.17. The highest BCUT2D eigenvalue weighted by molar-refractivity contribution is 7.98. The van der Waals surface area contributed by atoms with Crippen molar-refractivity contribution in [2.45, 2.75) is 24.3 Å². The van der Waals surface area contributed by atoms with Crippen molar-refractivity contribution in [3.05, 3.63) is 59.7 Å². The second-order valence-electron chi connectivity index (χ2n) is 5.16. The SMILES string of the molecule is CSc1ccc(C(C)(CO)Nc2ccccc2C)cc1. The first kappa shape index (κ1) is 14.9. The van der Waals surface area contributed by atoms with Crippen molar-refractivity contribution in [2.75, 3.05) is 18.2 Å². The van der Waals surface area contributed by atoms with Gasteiger partial charge in [0, 0.05) is 10.6 Å². The molecule has 2 aromatic carbocycles. The standard InChI is InChI=1S/C17H21NOS/c1-13-6-4-5-7-16(13)18-17(2,12-19)14-8-10-15(20-3)11-9-14/h4-11,18-19H,12H2,1-3H3. The van der Waals surface area contributed by atoms with Crippen LogP contribution >= 0.6 is 11.8 Å². The minimum absolute atomic E-state index is 0.0416. The molecule has 20 heavy (non-hydrogen) atoms. The smallest absolute Gasteiger partial charge is 0.0828 e. The molecule has 0 fully saturated rings. The van der Waals surface area contributed by atoms with Crippen LogP contribution in [0.1, 0.15) is 18.1 Å². The van der Waals surface area contributed by atoms with E-state index >= 15 is 0 Å². The Labute approximate surface area is 125 Å². The van der Waals surface area contributed by atoms with Crippen LogP contribution in [0.3, 0.4) is 0 Å². The monoisotopic (exact) mass is 287 g/mol. The minimum Gasteiger partial charge on any atom is -0.394 e. The molecule has 1 atom stereocenters. The predicted octanol–water partition coefficient (Wildman–Crippen LogP) is 4.04. The summed E-state index contributed by atoms with van der Waals surface area (Å²) in [5.74, 6) is 0.